The van der Waals surface area contributed by atoms with E-state index in [1.165, 1.54) is 0 Å². The molecule has 6 nitrogen and oxygen atoms in total. The summed E-state index contributed by atoms with van der Waals surface area (Å²) in [6.45, 7) is 7.04. The molecule has 8 heteroatoms. The minimum Gasteiger partial charge on any atom is -0.344 e. The van der Waals surface area contributed by atoms with Crippen LogP contribution in [-0.4, -0.2) is 35.4 Å². The number of benzene rings is 1. The molecule has 0 radical (unpaired) electrons. The molecule has 0 saturated carbocycles. The van der Waals surface area contributed by atoms with E-state index in [4.69, 9.17) is 0 Å². The molecule has 3 N–H and O–H groups in total. The molecule has 0 fully saturated rings. The van der Waals surface area contributed by atoms with Gasteiger partial charge in [-0.1, -0.05) is 26.3 Å². The molecule has 32 heavy (non-hydrogen) atoms. The lowest BCUT2D eigenvalue weighted by Gasteiger charge is -2.18. The SMILES string of the molecule is CCCC(NC(=O)Cc1cc(F)cc(F)c1)C(=O)Nc1ccc(CCC(C)NCC)cn1. The minimum absolute atomic E-state index is 0.205. The van der Waals surface area contributed by atoms with Gasteiger partial charge in [-0.15, -0.1) is 0 Å². The zero-order valence-corrected chi connectivity index (χ0v) is 18.9. The van der Waals surface area contributed by atoms with Gasteiger partial charge in [0.25, 0.3) is 0 Å². The van der Waals surface area contributed by atoms with Crippen LogP contribution in [0.15, 0.2) is 36.5 Å². The van der Waals surface area contributed by atoms with Crippen LogP contribution in [0.3, 0.4) is 0 Å². The van der Waals surface area contributed by atoms with Gasteiger partial charge in [-0.05, 0) is 62.1 Å². The second-order valence-corrected chi connectivity index (χ2v) is 7.90. The monoisotopic (exact) mass is 446 g/mol. The molecule has 2 amide bonds. The highest BCUT2D eigenvalue weighted by atomic mass is 19.1. The number of aryl methyl sites for hydroxylation is 1. The lowest BCUT2D eigenvalue weighted by Crippen LogP contribution is -2.44. The predicted octanol–water partition coefficient (Wildman–Crippen LogP) is 3.76. The van der Waals surface area contributed by atoms with Gasteiger partial charge in [0.15, 0.2) is 0 Å². The Morgan fingerprint density at radius 1 is 1.03 bits per heavy atom. The average Bonchev–Trinajstić information content (AvgIpc) is 2.72. The summed E-state index contributed by atoms with van der Waals surface area (Å²) in [5.74, 6) is -1.96. The molecule has 174 valence electrons. The summed E-state index contributed by atoms with van der Waals surface area (Å²) in [5.41, 5.74) is 1.28. The summed E-state index contributed by atoms with van der Waals surface area (Å²) in [7, 11) is 0. The number of pyridine rings is 1. The van der Waals surface area contributed by atoms with Gasteiger partial charge >= 0.3 is 0 Å². The number of anilines is 1. The predicted molar refractivity (Wildman–Crippen MR) is 121 cm³/mol. The third-order valence-corrected chi connectivity index (χ3v) is 5.01. The number of carbonyl (C=O) groups excluding carboxylic acids is 2. The standard InChI is InChI=1S/C24H32F2N4O2/c1-4-6-21(29-23(31)13-18-11-19(25)14-20(26)12-18)24(32)30-22-10-9-17(15-28-22)8-7-16(3)27-5-2/h9-12,14-16,21,27H,4-8,13H2,1-3H3,(H,29,31)(H,28,30,32). The molecule has 0 aliphatic carbocycles. The van der Waals surface area contributed by atoms with E-state index in [1.807, 2.05) is 13.0 Å². The largest absolute Gasteiger partial charge is 0.344 e. The van der Waals surface area contributed by atoms with E-state index in [0.29, 0.717) is 24.7 Å². The number of amides is 2. The Morgan fingerprint density at radius 3 is 2.34 bits per heavy atom. The molecule has 1 heterocycles. The number of carbonyl (C=O) groups is 2. The number of rotatable bonds is 12. The van der Waals surface area contributed by atoms with Crippen molar-refractivity contribution >= 4 is 17.6 Å². The van der Waals surface area contributed by atoms with Gasteiger partial charge in [0, 0.05) is 18.3 Å². The van der Waals surface area contributed by atoms with E-state index in [1.54, 1.807) is 12.3 Å². The number of hydrogen-bond donors (Lipinski definition) is 3. The fraction of sp³-hybridized carbons (Fsp3) is 0.458. The highest BCUT2D eigenvalue weighted by Gasteiger charge is 2.21. The molecule has 0 saturated heterocycles. The summed E-state index contributed by atoms with van der Waals surface area (Å²) in [4.78, 5) is 29.3. The summed E-state index contributed by atoms with van der Waals surface area (Å²) >= 11 is 0. The van der Waals surface area contributed by atoms with Gasteiger partial charge in [-0.25, -0.2) is 13.8 Å². The van der Waals surface area contributed by atoms with Gasteiger partial charge in [0.1, 0.15) is 23.5 Å². The van der Waals surface area contributed by atoms with Crippen molar-refractivity contribution in [1.82, 2.24) is 15.6 Å². The molecular formula is C24H32F2N4O2. The highest BCUT2D eigenvalue weighted by molar-refractivity contribution is 5.96. The third-order valence-electron chi connectivity index (χ3n) is 5.01. The number of nitrogens with zero attached hydrogens (tertiary/aromatic N) is 1. The Labute approximate surface area is 188 Å². The lowest BCUT2D eigenvalue weighted by atomic mass is 10.1. The topological polar surface area (TPSA) is 83.1 Å². The Morgan fingerprint density at radius 2 is 1.75 bits per heavy atom. The van der Waals surface area contributed by atoms with E-state index in [2.05, 4.69) is 34.8 Å². The molecule has 2 aromatic rings. The van der Waals surface area contributed by atoms with Gasteiger partial charge in [0.05, 0.1) is 6.42 Å². The van der Waals surface area contributed by atoms with Crippen molar-refractivity contribution in [2.45, 2.75) is 65.0 Å². The molecule has 2 atom stereocenters. The first-order valence-electron chi connectivity index (χ1n) is 11.0. The van der Waals surface area contributed by atoms with Crippen molar-refractivity contribution in [3.63, 3.8) is 0 Å². The molecule has 2 unspecified atom stereocenters. The molecule has 2 rings (SSSR count). The Kier molecular flexibility index (Phi) is 10.2. The summed E-state index contributed by atoms with van der Waals surface area (Å²) in [5, 5.41) is 8.75. The maximum atomic E-state index is 13.3. The van der Waals surface area contributed by atoms with E-state index in [-0.39, 0.29) is 17.9 Å². The van der Waals surface area contributed by atoms with Crippen LogP contribution in [0.2, 0.25) is 0 Å². The lowest BCUT2D eigenvalue weighted by molar-refractivity contribution is -0.126. The van der Waals surface area contributed by atoms with E-state index in [9.17, 15) is 18.4 Å². The molecule has 1 aromatic heterocycles. The molecule has 0 aliphatic rings. The minimum atomic E-state index is -0.770. The van der Waals surface area contributed by atoms with Gasteiger partial charge in [-0.3, -0.25) is 9.59 Å². The van der Waals surface area contributed by atoms with Crippen molar-refractivity contribution in [3.05, 3.63) is 59.3 Å². The fourth-order valence-electron chi connectivity index (χ4n) is 3.39. The summed E-state index contributed by atoms with van der Waals surface area (Å²) in [6, 6.07) is 6.26. The van der Waals surface area contributed by atoms with Crippen LogP contribution in [-0.2, 0) is 22.4 Å². The average molecular weight is 447 g/mol. The first-order valence-corrected chi connectivity index (χ1v) is 11.0. The quantitative estimate of drug-likeness (QED) is 0.464. The van der Waals surface area contributed by atoms with Crippen LogP contribution >= 0.6 is 0 Å². The van der Waals surface area contributed by atoms with E-state index in [0.717, 1.165) is 43.1 Å². The summed E-state index contributed by atoms with van der Waals surface area (Å²) in [6.07, 6.45) is 4.48. The number of halogens is 2. The van der Waals surface area contributed by atoms with Crippen molar-refractivity contribution in [2.75, 3.05) is 11.9 Å². The normalized spacial score (nSPS) is 12.8. The number of hydrogen-bond acceptors (Lipinski definition) is 4. The zero-order chi connectivity index (χ0) is 23.5. The Bertz CT molecular complexity index is 870. The van der Waals surface area contributed by atoms with Crippen LogP contribution in [0.4, 0.5) is 14.6 Å². The smallest absolute Gasteiger partial charge is 0.248 e. The second-order valence-electron chi connectivity index (χ2n) is 7.90. The van der Waals surface area contributed by atoms with Crippen molar-refractivity contribution < 1.29 is 18.4 Å². The van der Waals surface area contributed by atoms with Crippen LogP contribution in [0.25, 0.3) is 0 Å². The molecule has 0 spiro atoms. The van der Waals surface area contributed by atoms with Gasteiger partial charge < -0.3 is 16.0 Å². The molecule has 1 aromatic carbocycles. The van der Waals surface area contributed by atoms with E-state index < -0.39 is 23.6 Å². The van der Waals surface area contributed by atoms with Crippen LogP contribution in [0.1, 0.15) is 51.2 Å². The van der Waals surface area contributed by atoms with Crippen LogP contribution in [0, 0.1) is 11.6 Å². The van der Waals surface area contributed by atoms with Crippen LogP contribution in [0.5, 0.6) is 0 Å². The Hall–Kier alpha value is -2.87. The van der Waals surface area contributed by atoms with Gasteiger partial charge in [0.2, 0.25) is 11.8 Å². The van der Waals surface area contributed by atoms with Gasteiger partial charge in [-0.2, -0.15) is 0 Å². The molecular weight excluding hydrogens is 414 g/mol. The third kappa shape index (κ3) is 8.70. The fourth-order valence-corrected chi connectivity index (χ4v) is 3.39. The van der Waals surface area contributed by atoms with Crippen molar-refractivity contribution in [2.24, 2.45) is 0 Å². The van der Waals surface area contributed by atoms with Crippen LogP contribution < -0.4 is 16.0 Å². The summed E-state index contributed by atoms with van der Waals surface area (Å²) < 4.78 is 26.7. The number of nitrogens with one attached hydrogen (secondary N) is 3. The second kappa shape index (κ2) is 12.9. The maximum Gasteiger partial charge on any atom is 0.248 e. The molecule has 0 bridgehead atoms. The molecule has 0 aliphatic heterocycles. The van der Waals surface area contributed by atoms with Crippen molar-refractivity contribution in [3.8, 4) is 0 Å². The maximum absolute atomic E-state index is 13.3. The first kappa shape index (κ1) is 25.4. The zero-order valence-electron chi connectivity index (χ0n) is 18.9. The van der Waals surface area contributed by atoms with E-state index >= 15 is 0 Å². The Balaban J connectivity index is 1.92. The first-order chi connectivity index (χ1) is 15.3. The van der Waals surface area contributed by atoms with Crippen molar-refractivity contribution in [1.29, 1.82) is 0 Å². The number of aromatic nitrogens is 1. The highest BCUT2D eigenvalue weighted by Crippen LogP contribution is 2.11.